The minimum atomic E-state index is -0.0243. The standard InChI is InChI=1S/C12H11Br2N3O2/c13-7-3-5(11(18)9(14)12(7)19)10-6-4-15-2-1-8(6)16-17-10/h3,15,18-19H,1-2,4H2,(H,16,17). The summed E-state index contributed by atoms with van der Waals surface area (Å²) in [7, 11) is 0. The van der Waals surface area contributed by atoms with E-state index >= 15 is 0 Å². The molecule has 4 N–H and O–H groups in total. The number of phenolic OH excluding ortho intramolecular Hbond substituents is 2. The molecule has 0 unspecified atom stereocenters. The molecule has 2 heterocycles. The van der Waals surface area contributed by atoms with Crippen LogP contribution in [-0.4, -0.2) is 27.0 Å². The lowest BCUT2D eigenvalue weighted by Crippen LogP contribution is -2.23. The van der Waals surface area contributed by atoms with E-state index < -0.39 is 0 Å². The number of aromatic amines is 1. The summed E-state index contributed by atoms with van der Waals surface area (Å²) < 4.78 is 0.769. The maximum absolute atomic E-state index is 10.2. The second-order valence-electron chi connectivity index (χ2n) is 4.37. The molecule has 100 valence electrons. The monoisotopic (exact) mass is 387 g/mol. The van der Waals surface area contributed by atoms with Crippen LogP contribution in [0.5, 0.6) is 11.5 Å². The number of nitrogens with one attached hydrogen (secondary N) is 2. The van der Waals surface area contributed by atoms with Gasteiger partial charge >= 0.3 is 0 Å². The second kappa shape index (κ2) is 4.81. The molecule has 19 heavy (non-hydrogen) atoms. The summed E-state index contributed by atoms with van der Waals surface area (Å²) in [4.78, 5) is 0. The Hall–Kier alpha value is -1.05. The van der Waals surface area contributed by atoms with E-state index in [2.05, 4.69) is 47.4 Å². The third-order valence-corrected chi connectivity index (χ3v) is 4.59. The topological polar surface area (TPSA) is 81.2 Å². The number of benzene rings is 1. The third-order valence-electron chi connectivity index (χ3n) is 3.23. The molecule has 0 bridgehead atoms. The predicted octanol–water partition coefficient (Wildman–Crippen LogP) is 2.66. The van der Waals surface area contributed by atoms with Crippen LogP contribution < -0.4 is 5.32 Å². The van der Waals surface area contributed by atoms with Crippen molar-refractivity contribution in [1.82, 2.24) is 15.5 Å². The number of phenols is 2. The van der Waals surface area contributed by atoms with Gasteiger partial charge in [0.1, 0.15) is 21.7 Å². The Kier molecular flexibility index (Phi) is 3.28. The fourth-order valence-corrected chi connectivity index (χ4v) is 3.35. The molecule has 1 aromatic carbocycles. The average molecular weight is 389 g/mol. The van der Waals surface area contributed by atoms with Crippen LogP contribution in [0.1, 0.15) is 11.3 Å². The molecule has 0 spiro atoms. The van der Waals surface area contributed by atoms with Crippen LogP contribution >= 0.6 is 31.9 Å². The van der Waals surface area contributed by atoms with E-state index in [4.69, 9.17) is 0 Å². The van der Waals surface area contributed by atoms with Gasteiger partial charge in [-0.2, -0.15) is 5.10 Å². The number of fused-ring (bicyclic) bond motifs is 1. The molecule has 0 saturated carbocycles. The maximum atomic E-state index is 10.2. The normalized spacial score (nSPS) is 14.4. The zero-order valence-electron chi connectivity index (χ0n) is 9.80. The van der Waals surface area contributed by atoms with Crippen LogP contribution in [0.3, 0.4) is 0 Å². The van der Waals surface area contributed by atoms with Crippen molar-refractivity contribution in [3.8, 4) is 22.8 Å². The molecule has 7 heteroatoms. The van der Waals surface area contributed by atoms with Crippen LogP contribution in [0.25, 0.3) is 11.3 Å². The van der Waals surface area contributed by atoms with Gasteiger partial charge in [0.25, 0.3) is 0 Å². The van der Waals surface area contributed by atoms with Crippen molar-refractivity contribution in [3.05, 3.63) is 26.3 Å². The summed E-state index contributed by atoms with van der Waals surface area (Å²) in [6.07, 6.45) is 0.892. The van der Waals surface area contributed by atoms with E-state index in [1.165, 1.54) is 0 Å². The average Bonchev–Trinajstić information content (AvgIpc) is 2.84. The van der Waals surface area contributed by atoms with E-state index in [1.54, 1.807) is 6.07 Å². The van der Waals surface area contributed by atoms with Crippen LogP contribution in [0.4, 0.5) is 0 Å². The first-order valence-electron chi connectivity index (χ1n) is 5.76. The Balaban J connectivity index is 2.20. The zero-order valence-corrected chi connectivity index (χ0v) is 13.0. The summed E-state index contributed by atoms with van der Waals surface area (Å²) in [5.74, 6) is -0.0376. The molecule has 0 radical (unpaired) electrons. The Morgan fingerprint density at radius 1 is 1.21 bits per heavy atom. The molecule has 1 aliphatic rings. The van der Waals surface area contributed by atoms with E-state index in [1.807, 2.05) is 0 Å². The van der Waals surface area contributed by atoms with Gasteiger partial charge in [0.05, 0.1) is 4.47 Å². The van der Waals surface area contributed by atoms with Gasteiger partial charge < -0.3 is 15.5 Å². The first-order valence-corrected chi connectivity index (χ1v) is 7.35. The van der Waals surface area contributed by atoms with Crippen molar-refractivity contribution in [2.45, 2.75) is 13.0 Å². The van der Waals surface area contributed by atoms with Gasteiger partial charge in [-0.05, 0) is 37.9 Å². The van der Waals surface area contributed by atoms with Gasteiger partial charge in [-0.1, -0.05) is 0 Å². The first-order chi connectivity index (χ1) is 9.09. The van der Waals surface area contributed by atoms with Crippen molar-refractivity contribution >= 4 is 31.9 Å². The van der Waals surface area contributed by atoms with Crippen molar-refractivity contribution in [3.63, 3.8) is 0 Å². The summed E-state index contributed by atoms with van der Waals surface area (Å²) >= 11 is 6.45. The first kappa shape index (κ1) is 13.0. The fraction of sp³-hybridized carbons (Fsp3) is 0.250. The van der Waals surface area contributed by atoms with E-state index in [9.17, 15) is 10.2 Å². The smallest absolute Gasteiger partial charge is 0.147 e. The van der Waals surface area contributed by atoms with Gasteiger partial charge in [0, 0.05) is 36.3 Å². The Morgan fingerprint density at radius 2 is 2.00 bits per heavy atom. The number of halogens is 2. The van der Waals surface area contributed by atoms with Crippen LogP contribution in [-0.2, 0) is 13.0 Å². The highest BCUT2D eigenvalue weighted by atomic mass is 79.9. The minimum Gasteiger partial charge on any atom is -0.506 e. The number of nitrogens with zero attached hydrogens (tertiary/aromatic N) is 1. The molecule has 1 aromatic heterocycles. The summed E-state index contributed by atoms with van der Waals surface area (Å²) in [5.41, 5.74) is 3.44. The SMILES string of the molecule is Oc1c(Br)cc(-c2n[nH]c3c2CNCC3)c(O)c1Br. The Morgan fingerprint density at radius 3 is 2.79 bits per heavy atom. The number of hydrogen-bond donors (Lipinski definition) is 4. The minimum absolute atomic E-state index is 0.0134. The molecule has 0 aliphatic carbocycles. The molecule has 0 saturated heterocycles. The predicted molar refractivity (Wildman–Crippen MR) is 78.2 cm³/mol. The third kappa shape index (κ3) is 2.05. The molecule has 1 aliphatic heterocycles. The summed E-state index contributed by atoms with van der Waals surface area (Å²) in [5, 5.41) is 30.5. The lowest BCUT2D eigenvalue weighted by atomic mass is 10.0. The van der Waals surface area contributed by atoms with Crippen LogP contribution in [0.15, 0.2) is 15.0 Å². The van der Waals surface area contributed by atoms with Crippen molar-refractivity contribution < 1.29 is 10.2 Å². The molecular formula is C12H11Br2N3O2. The fourth-order valence-electron chi connectivity index (χ4n) is 2.23. The van der Waals surface area contributed by atoms with Crippen LogP contribution in [0, 0.1) is 0 Å². The quantitative estimate of drug-likeness (QED) is 0.605. The maximum Gasteiger partial charge on any atom is 0.147 e. The molecule has 0 fully saturated rings. The number of rotatable bonds is 1. The van der Waals surface area contributed by atoms with Crippen molar-refractivity contribution in [1.29, 1.82) is 0 Å². The lowest BCUT2D eigenvalue weighted by Gasteiger charge is -2.14. The number of H-pyrrole nitrogens is 1. The number of hydrogen-bond acceptors (Lipinski definition) is 4. The highest BCUT2D eigenvalue weighted by Gasteiger charge is 2.22. The highest BCUT2D eigenvalue weighted by molar-refractivity contribution is 9.11. The van der Waals surface area contributed by atoms with Gasteiger partial charge in [-0.25, -0.2) is 0 Å². The summed E-state index contributed by atoms with van der Waals surface area (Å²) in [6.45, 7) is 1.64. The molecular weight excluding hydrogens is 378 g/mol. The Bertz CT molecular complexity index is 655. The summed E-state index contributed by atoms with van der Waals surface area (Å²) in [6, 6.07) is 1.67. The molecule has 5 nitrogen and oxygen atoms in total. The molecule has 2 aromatic rings. The molecule has 3 rings (SSSR count). The molecule has 0 amide bonds. The van der Waals surface area contributed by atoms with E-state index in [0.717, 1.165) is 30.8 Å². The van der Waals surface area contributed by atoms with Gasteiger partial charge in [0.2, 0.25) is 0 Å². The highest BCUT2D eigenvalue weighted by Crippen LogP contribution is 2.45. The van der Waals surface area contributed by atoms with Gasteiger partial charge in [0.15, 0.2) is 0 Å². The molecule has 0 atom stereocenters. The van der Waals surface area contributed by atoms with Crippen molar-refractivity contribution in [2.75, 3.05) is 6.54 Å². The van der Waals surface area contributed by atoms with E-state index in [-0.39, 0.29) is 16.0 Å². The van der Waals surface area contributed by atoms with Gasteiger partial charge in [-0.3, -0.25) is 5.10 Å². The van der Waals surface area contributed by atoms with Crippen molar-refractivity contribution in [2.24, 2.45) is 0 Å². The van der Waals surface area contributed by atoms with Crippen LogP contribution in [0.2, 0.25) is 0 Å². The lowest BCUT2D eigenvalue weighted by molar-refractivity contribution is 0.443. The number of aromatic hydroxyl groups is 2. The zero-order chi connectivity index (χ0) is 13.6. The number of aromatic nitrogens is 2. The Labute approximate surface area is 126 Å². The largest absolute Gasteiger partial charge is 0.506 e. The van der Waals surface area contributed by atoms with E-state index in [0.29, 0.717) is 15.7 Å². The van der Waals surface area contributed by atoms with Gasteiger partial charge in [-0.15, -0.1) is 0 Å². The second-order valence-corrected chi connectivity index (χ2v) is 6.02.